The first kappa shape index (κ1) is 17.7. The lowest BCUT2D eigenvalue weighted by Crippen LogP contribution is -2.49. The van der Waals surface area contributed by atoms with Gasteiger partial charge in [0.2, 0.25) is 5.88 Å². The number of piperazine rings is 1. The van der Waals surface area contributed by atoms with Crippen molar-refractivity contribution < 1.29 is 17.9 Å². The number of pyridine rings is 1. The predicted molar refractivity (Wildman–Crippen MR) is 87.5 cm³/mol. The summed E-state index contributed by atoms with van der Waals surface area (Å²) in [5, 5.41) is 0. The van der Waals surface area contributed by atoms with Crippen molar-refractivity contribution in [1.82, 2.24) is 14.8 Å². The van der Waals surface area contributed by atoms with Crippen LogP contribution >= 0.6 is 0 Å². The second-order valence-corrected chi connectivity index (χ2v) is 7.81. The Morgan fingerprint density at radius 2 is 2.00 bits per heavy atom. The van der Waals surface area contributed by atoms with Crippen LogP contribution in [0.25, 0.3) is 0 Å². The number of sulfone groups is 1. The number of carbonyl (C=O) groups excluding carboxylic acids is 1. The van der Waals surface area contributed by atoms with Gasteiger partial charge in [0.05, 0.1) is 12.4 Å². The van der Waals surface area contributed by atoms with Gasteiger partial charge in [-0.15, -0.1) is 0 Å². The van der Waals surface area contributed by atoms with Gasteiger partial charge in [0.25, 0.3) is 5.91 Å². The van der Waals surface area contributed by atoms with E-state index in [2.05, 4.69) is 9.88 Å². The first-order chi connectivity index (χ1) is 10.9. The molecule has 23 heavy (non-hydrogen) atoms. The molecule has 2 heterocycles. The van der Waals surface area contributed by atoms with Crippen molar-refractivity contribution in [1.29, 1.82) is 0 Å². The fourth-order valence-corrected chi connectivity index (χ4v) is 3.04. The van der Waals surface area contributed by atoms with E-state index in [1.807, 2.05) is 6.92 Å². The van der Waals surface area contributed by atoms with E-state index in [0.717, 1.165) is 0 Å². The van der Waals surface area contributed by atoms with Crippen LogP contribution in [0.2, 0.25) is 0 Å². The Balaban J connectivity index is 1.94. The second-order valence-electron chi connectivity index (χ2n) is 5.55. The summed E-state index contributed by atoms with van der Waals surface area (Å²) in [6.45, 7) is 5.31. The fourth-order valence-electron chi connectivity index (χ4n) is 2.45. The Morgan fingerprint density at radius 3 is 2.61 bits per heavy atom. The van der Waals surface area contributed by atoms with Gasteiger partial charge >= 0.3 is 0 Å². The highest BCUT2D eigenvalue weighted by atomic mass is 32.2. The van der Waals surface area contributed by atoms with E-state index in [4.69, 9.17) is 4.74 Å². The summed E-state index contributed by atoms with van der Waals surface area (Å²) in [6.07, 6.45) is 2.84. The van der Waals surface area contributed by atoms with Gasteiger partial charge in [0, 0.05) is 45.2 Å². The molecule has 1 amide bonds. The molecule has 0 bridgehead atoms. The average molecular weight is 341 g/mol. The number of nitrogens with zero attached hydrogens (tertiary/aromatic N) is 3. The Hall–Kier alpha value is -1.67. The summed E-state index contributed by atoms with van der Waals surface area (Å²) in [5.74, 6) is 0.418. The van der Waals surface area contributed by atoms with Crippen molar-refractivity contribution in [2.24, 2.45) is 0 Å². The van der Waals surface area contributed by atoms with Crippen LogP contribution in [0, 0.1) is 0 Å². The molecule has 7 nitrogen and oxygen atoms in total. The molecule has 0 atom stereocenters. The van der Waals surface area contributed by atoms with E-state index < -0.39 is 9.84 Å². The maximum atomic E-state index is 12.6. The molecule has 1 aliphatic rings. The second kappa shape index (κ2) is 7.74. The maximum Gasteiger partial charge on any atom is 0.259 e. The summed E-state index contributed by atoms with van der Waals surface area (Å²) in [5.41, 5.74) is 0.471. The molecule has 1 fully saturated rings. The van der Waals surface area contributed by atoms with Gasteiger partial charge in [-0.05, 0) is 19.1 Å². The van der Waals surface area contributed by atoms with E-state index in [9.17, 15) is 13.2 Å². The number of amides is 1. The van der Waals surface area contributed by atoms with Gasteiger partial charge in [0.1, 0.15) is 15.4 Å². The van der Waals surface area contributed by atoms with Crippen molar-refractivity contribution in [2.75, 3.05) is 51.3 Å². The highest BCUT2D eigenvalue weighted by Crippen LogP contribution is 2.17. The molecule has 0 radical (unpaired) electrons. The van der Waals surface area contributed by atoms with Crippen LogP contribution in [-0.2, 0) is 9.84 Å². The van der Waals surface area contributed by atoms with E-state index in [1.54, 1.807) is 23.2 Å². The molecule has 1 aliphatic heterocycles. The van der Waals surface area contributed by atoms with Crippen molar-refractivity contribution in [3.63, 3.8) is 0 Å². The number of hydrogen-bond donors (Lipinski definition) is 0. The molecular formula is C15H23N3O4S. The summed E-state index contributed by atoms with van der Waals surface area (Å²) < 4.78 is 27.8. The van der Waals surface area contributed by atoms with Crippen molar-refractivity contribution >= 4 is 15.7 Å². The molecule has 0 N–H and O–H groups in total. The minimum Gasteiger partial charge on any atom is -0.477 e. The van der Waals surface area contributed by atoms with Crippen LogP contribution < -0.4 is 4.74 Å². The molecule has 2 rings (SSSR count). The Kier molecular flexibility index (Phi) is 5.95. The van der Waals surface area contributed by atoms with E-state index in [1.165, 1.54) is 6.26 Å². The monoisotopic (exact) mass is 341 g/mol. The van der Waals surface area contributed by atoms with Crippen LogP contribution in [0.3, 0.4) is 0 Å². The van der Waals surface area contributed by atoms with Crippen LogP contribution in [0.5, 0.6) is 5.88 Å². The average Bonchev–Trinajstić information content (AvgIpc) is 2.53. The van der Waals surface area contributed by atoms with Gasteiger partial charge in [0.15, 0.2) is 0 Å². The molecule has 0 unspecified atom stereocenters. The lowest BCUT2D eigenvalue weighted by atomic mass is 10.2. The maximum absolute atomic E-state index is 12.6. The topological polar surface area (TPSA) is 79.8 Å². The molecule has 8 heteroatoms. The molecule has 1 aromatic rings. The first-order valence-corrected chi connectivity index (χ1v) is 9.74. The minimum atomic E-state index is -2.96. The number of hydrogen-bond acceptors (Lipinski definition) is 6. The molecule has 0 spiro atoms. The summed E-state index contributed by atoms with van der Waals surface area (Å²) in [4.78, 5) is 20.5. The van der Waals surface area contributed by atoms with Crippen molar-refractivity contribution in [3.8, 4) is 5.88 Å². The zero-order valence-corrected chi connectivity index (χ0v) is 14.4. The largest absolute Gasteiger partial charge is 0.477 e. The standard InChI is InChI=1S/C15H23N3O4S/c1-3-22-14-13(5-4-6-16-14)15(19)18-9-7-17(8-10-18)11-12-23(2,20)21/h4-6H,3,7-12H2,1-2H3. The fraction of sp³-hybridized carbons (Fsp3) is 0.600. The Labute approximate surface area is 137 Å². The molecule has 0 aromatic carbocycles. The van der Waals surface area contributed by atoms with E-state index in [0.29, 0.717) is 50.8 Å². The van der Waals surface area contributed by atoms with E-state index in [-0.39, 0.29) is 11.7 Å². The van der Waals surface area contributed by atoms with Crippen LogP contribution in [0.4, 0.5) is 0 Å². The van der Waals surface area contributed by atoms with Crippen LogP contribution in [0.15, 0.2) is 18.3 Å². The van der Waals surface area contributed by atoms with Gasteiger partial charge in [-0.2, -0.15) is 0 Å². The Bertz CT molecular complexity index is 640. The summed E-state index contributed by atoms with van der Waals surface area (Å²) in [7, 11) is -2.96. The quantitative estimate of drug-likeness (QED) is 0.740. The number of carbonyl (C=O) groups is 1. The number of ether oxygens (including phenoxy) is 1. The van der Waals surface area contributed by atoms with Gasteiger partial charge in [-0.1, -0.05) is 0 Å². The molecule has 1 aromatic heterocycles. The molecule has 0 aliphatic carbocycles. The number of aromatic nitrogens is 1. The normalized spacial score (nSPS) is 16.3. The smallest absolute Gasteiger partial charge is 0.259 e. The number of rotatable bonds is 6. The minimum absolute atomic E-state index is 0.0932. The molecular weight excluding hydrogens is 318 g/mol. The third-order valence-electron chi connectivity index (χ3n) is 3.72. The zero-order valence-electron chi connectivity index (χ0n) is 13.6. The summed E-state index contributed by atoms with van der Waals surface area (Å²) in [6, 6.07) is 3.44. The zero-order chi connectivity index (χ0) is 16.9. The SMILES string of the molecule is CCOc1ncccc1C(=O)N1CCN(CCS(C)(=O)=O)CC1. The highest BCUT2D eigenvalue weighted by molar-refractivity contribution is 7.90. The highest BCUT2D eigenvalue weighted by Gasteiger charge is 2.25. The molecule has 128 valence electrons. The first-order valence-electron chi connectivity index (χ1n) is 7.68. The lowest BCUT2D eigenvalue weighted by molar-refractivity contribution is 0.0639. The third-order valence-corrected chi connectivity index (χ3v) is 4.64. The molecule has 0 saturated carbocycles. The predicted octanol–water partition coefficient (Wildman–Crippen LogP) is 0.283. The molecule has 1 saturated heterocycles. The van der Waals surface area contributed by atoms with Gasteiger partial charge < -0.3 is 9.64 Å². The lowest BCUT2D eigenvalue weighted by Gasteiger charge is -2.34. The van der Waals surface area contributed by atoms with Crippen molar-refractivity contribution in [2.45, 2.75) is 6.92 Å². The van der Waals surface area contributed by atoms with Gasteiger partial charge in [-0.25, -0.2) is 13.4 Å². The van der Waals surface area contributed by atoms with Gasteiger partial charge in [-0.3, -0.25) is 9.69 Å². The van der Waals surface area contributed by atoms with E-state index >= 15 is 0 Å². The van der Waals surface area contributed by atoms with Crippen LogP contribution in [0.1, 0.15) is 17.3 Å². The Morgan fingerprint density at radius 1 is 1.30 bits per heavy atom. The van der Waals surface area contributed by atoms with Crippen LogP contribution in [-0.4, -0.2) is 80.4 Å². The third kappa shape index (κ3) is 5.18. The summed E-state index contributed by atoms with van der Waals surface area (Å²) >= 11 is 0. The van der Waals surface area contributed by atoms with Crippen molar-refractivity contribution in [3.05, 3.63) is 23.9 Å².